The Balaban J connectivity index is 2.13. The topological polar surface area (TPSA) is 64.3 Å². The van der Waals surface area contributed by atoms with Crippen LogP contribution in [-0.4, -0.2) is 24.2 Å². The quantitative estimate of drug-likeness (QED) is 0.813. The van der Waals surface area contributed by atoms with Crippen molar-refractivity contribution in [3.8, 4) is 6.07 Å². The molecule has 4 nitrogen and oxygen atoms in total. The second-order valence-corrected chi connectivity index (χ2v) is 3.72. The average Bonchev–Trinajstić information content (AvgIpc) is 2.17. The highest BCUT2D eigenvalue weighted by Gasteiger charge is 2.33. The molecule has 0 spiro atoms. The lowest BCUT2D eigenvalue weighted by Crippen LogP contribution is -2.50. The summed E-state index contributed by atoms with van der Waals surface area (Å²) in [4.78, 5) is 12.2. The molecule has 1 aliphatic heterocycles. The number of halogens is 1. The Hall–Kier alpha value is -2.09. The molecule has 0 bridgehead atoms. The second kappa shape index (κ2) is 3.81. The number of hydrogen-bond acceptors (Lipinski definition) is 3. The molecule has 1 aromatic carbocycles. The van der Waals surface area contributed by atoms with Crippen molar-refractivity contribution >= 4 is 11.7 Å². The van der Waals surface area contributed by atoms with Crippen molar-refractivity contribution in [2.75, 3.05) is 18.0 Å². The van der Waals surface area contributed by atoms with Crippen molar-refractivity contribution in [3.05, 3.63) is 29.6 Å². The van der Waals surface area contributed by atoms with Crippen LogP contribution in [0.25, 0.3) is 0 Å². The van der Waals surface area contributed by atoms with Gasteiger partial charge in [-0.2, -0.15) is 5.26 Å². The van der Waals surface area contributed by atoms with Crippen LogP contribution in [0.5, 0.6) is 0 Å². The molecule has 1 saturated heterocycles. The second-order valence-electron chi connectivity index (χ2n) is 3.72. The highest BCUT2D eigenvalue weighted by molar-refractivity contribution is 5.74. The van der Waals surface area contributed by atoms with E-state index in [-0.39, 0.29) is 5.56 Å². The lowest BCUT2D eigenvalue weighted by atomic mass is 9.99. The molecule has 2 rings (SSSR count). The van der Waals surface area contributed by atoms with Gasteiger partial charge in [0.25, 0.3) is 0 Å². The van der Waals surface area contributed by atoms with Crippen LogP contribution < -0.4 is 4.90 Å². The minimum atomic E-state index is -0.856. The number of carboxylic acid groups (broad SMARTS) is 1. The van der Waals surface area contributed by atoms with Crippen LogP contribution in [0.2, 0.25) is 0 Å². The molecule has 0 radical (unpaired) electrons. The number of rotatable bonds is 2. The number of aliphatic carboxylic acids is 1. The van der Waals surface area contributed by atoms with Gasteiger partial charge in [-0.3, -0.25) is 4.79 Å². The number of carbonyl (C=O) groups is 1. The SMILES string of the molecule is N#Cc1ccc(N2CC(C(=O)O)C2)c(F)c1. The first-order chi connectivity index (χ1) is 7.61. The Bertz CT molecular complexity index is 475. The van der Waals surface area contributed by atoms with Gasteiger partial charge in [0.15, 0.2) is 0 Å². The number of carboxylic acids is 1. The Morgan fingerprint density at radius 3 is 2.75 bits per heavy atom. The molecule has 1 fully saturated rings. The summed E-state index contributed by atoms with van der Waals surface area (Å²) in [6.45, 7) is 0.635. The molecule has 0 aromatic heterocycles. The van der Waals surface area contributed by atoms with Crippen molar-refractivity contribution in [1.29, 1.82) is 5.26 Å². The lowest BCUT2D eigenvalue weighted by Gasteiger charge is -2.38. The summed E-state index contributed by atoms with van der Waals surface area (Å²) in [5.41, 5.74) is 0.619. The maximum Gasteiger partial charge on any atom is 0.310 e. The molecular weight excluding hydrogens is 211 g/mol. The first-order valence-corrected chi connectivity index (χ1v) is 4.79. The largest absolute Gasteiger partial charge is 0.481 e. The predicted octanol–water partition coefficient (Wildman–Crippen LogP) is 1.22. The molecular formula is C11H9FN2O2. The van der Waals surface area contributed by atoms with E-state index in [9.17, 15) is 9.18 Å². The Labute approximate surface area is 91.5 Å². The zero-order valence-corrected chi connectivity index (χ0v) is 8.35. The molecule has 0 saturated carbocycles. The molecule has 1 aromatic rings. The van der Waals surface area contributed by atoms with Gasteiger partial charge in [-0.05, 0) is 18.2 Å². The third-order valence-electron chi connectivity index (χ3n) is 2.65. The van der Waals surface area contributed by atoms with Crippen LogP contribution in [0.4, 0.5) is 10.1 Å². The molecule has 0 atom stereocenters. The Morgan fingerprint density at radius 2 is 2.25 bits per heavy atom. The van der Waals surface area contributed by atoms with Gasteiger partial charge in [0, 0.05) is 13.1 Å². The highest BCUT2D eigenvalue weighted by atomic mass is 19.1. The number of benzene rings is 1. The fourth-order valence-corrected chi connectivity index (χ4v) is 1.66. The van der Waals surface area contributed by atoms with E-state index in [0.29, 0.717) is 18.8 Å². The van der Waals surface area contributed by atoms with Crippen LogP contribution in [0.15, 0.2) is 18.2 Å². The van der Waals surface area contributed by atoms with E-state index in [4.69, 9.17) is 10.4 Å². The summed E-state index contributed by atoms with van der Waals surface area (Å²) in [6, 6.07) is 6.03. The molecule has 16 heavy (non-hydrogen) atoms. The van der Waals surface area contributed by atoms with E-state index in [1.165, 1.54) is 12.1 Å². The molecule has 0 amide bonds. The van der Waals surface area contributed by atoms with Crippen LogP contribution in [0.1, 0.15) is 5.56 Å². The highest BCUT2D eigenvalue weighted by Crippen LogP contribution is 2.27. The van der Waals surface area contributed by atoms with Crippen molar-refractivity contribution in [3.63, 3.8) is 0 Å². The molecule has 1 aliphatic rings. The van der Waals surface area contributed by atoms with E-state index in [2.05, 4.69) is 0 Å². The summed E-state index contributed by atoms with van der Waals surface area (Å²) >= 11 is 0. The van der Waals surface area contributed by atoms with Crippen molar-refractivity contribution < 1.29 is 14.3 Å². The lowest BCUT2D eigenvalue weighted by molar-refractivity contribution is -0.142. The summed E-state index contributed by atoms with van der Waals surface area (Å²) < 4.78 is 13.5. The summed E-state index contributed by atoms with van der Waals surface area (Å²) in [5.74, 6) is -1.76. The van der Waals surface area contributed by atoms with Gasteiger partial charge in [0.05, 0.1) is 23.2 Å². The van der Waals surface area contributed by atoms with E-state index in [1.807, 2.05) is 6.07 Å². The van der Waals surface area contributed by atoms with Crippen LogP contribution in [0.3, 0.4) is 0 Å². The maximum absolute atomic E-state index is 13.5. The number of anilines is 1. The predicted molar refractivity (Wildman–Crippen MR) is 54.5 cm³/mol. The van der Waals surface area contributed by atoms with Gasteiger partial charge in [0.2, 0.25) is 0 Å². The maximum atomic E-state index is 13.5. The Morgan fingerprint density at radius 1 is 1.56 bits per heavy atom. The fourth-order valence-electron chi connectivity index (χ4n) is 1.66. The van der Waals surface area contributed by atoms with Gasteiger partial charge < -0.3 is 10.0 Å². The van der Waals surface area contributed by atoms with E-state index < -0.39 is 17.7 Å². The van der Waals surface area contributed by atoms with Gasteiger partial charge in [-0.15, -0.1) is 0 Å². The van der Waals surface area contributed by atoms with E-state index in [0.717, 1.165) is 6.07 Å². The van der Waals surface area contributed by atoms with Crippen molar-refractivity contribution in [2.24, 2.45) is 5.92 Å². The summed E-state index contributed by atoms with van der Waals surface area (Å²) in [7, 11) is 0. The molecule has 5 heteroatoms. The number of hydrogen-bond donors (Lipinski definition) is 1. The molecule has 0 unspecified atom stereocenters. The molecule has 1 heterocycles. The summed E-state index contributed by atoms with van der Waals surface area (Å²) in [5, 5.41) is 17.3. The van der Waals surface area contributed by atoms with E-state index >= 15 is 0 Å². The first-order valence-electron chi connectivity index (χ1n) is 4.79. The van der Waals surface area contributed by atoms with Crippen molar-refractivity contribution in [1.82, 2.24) is 0 Å². The van der Waals surface area contributed by atoms with Gasteiger partial charge in [0.1, 0.15) is 5.82 Å². The smallest absolute Gasteiger partial charge is 0.310 e. The number of nitrogens with zero attached hydrogens (tertiary/aromatic N) is 2. The minimum absolute atomic E-state index is 0.261. The normalized spacial score (nSPS) is 15.4. The minimum Gasteiger partial charge on any atom is -0.481 e. The molecule has 1 N–H and O–H groups in total. The standard InChI is InChI=1S/C11H9FN2O2/c12-9-3-7(4-13)1-2-10(9)14-5-8(6-14)11(15)16/h1-3,8H,5-6H2,(H,15,16). The van der Waals surface area contributed by atoms with Crippen molar-refractivity contribution in [2.45, 2.75) is 0 Å². The van der Waals surface area contributed by atoms with Crippen LogP contribution >= 0.6 is 0 Å². The average molecular weight is 220 g/mol. The van der Waals surface area contributed by atoms with Crippen LogP contribution in [0, 0.1) is 23.1 Å². The van der Waals surface area contributed by atoms with E-state index in [1.54, 1.807) is 4.90 Å². The molecule has 0 aliphatic carbocycles. The zero-order valence-electron chi connectivity index (χ0n) is 8.35. The Kier molecular flexibility index (Phi) is 2.49. The number of nitriles is 1. The van der Waals surface area contributed by atoms with Gasteiger partial charge >= 0.3 is 5.97 Å². The third kappa shape index (κ3) is 1.70. The molecule has 82 valence electrons. The van der Waals surface area contributed by atoms with Gasteiger partial charge in [-0.1, -0.05) is 0 Å². The third-order valence-corrected chi connectivity index (χ3v) is 2.65. The summed E-state index contributed by atoms with van der Waals surface area (Å²) in [6.07, 6.45) is 0. The van der Waals surface area contributed by atoms with Gasteiger partial charge in [-0.25, -0.2) is 4.39 Å². The van der Waals surface area contributed by atoms with Crippen LogP contribution in [-0.2, 0) is 4.79 Å². The first kappa shape index (κ1) is 10.4. The monoisotopic (exact) mass is 220 g/mol. The fraction of sp³-hybridized carbons (Fsp3) is 0.273. The zero-order chi connectivity index (χ0) is 11.7.